The largest absolute Gasteiger partial charge is 0.478 e. The Hall–Kier alpha value is -1.49. The monoisotopic (exact) mass is 255 g/mol. The van der Waals surface area contributed by atoms with E-state index in [9.17, 15) is 4.79 Å². The van der Waals surface area contributed by atoms with Crippen LogP contribution in [0.25, 0.3) is 11.0 Å². The van der Waals surface area contributed by atoms with E-state index in [0.717, 1.165) is 4.47 Å². The molecule has 0 aliphatic heterocycles. The van der Waals surface area contributed by atoms with E-state index < -0.39 is 5.97 Å². The number of carbonyl (C=O) groups is 1. The number of halogens is 1. The molecule has 2 rings (SSSR count). The second-order valence-corrected chi connectivity index (χ2v) is 3.68. The van der Waals surface area contributed by atoms with Gasteiger partial charge in [-0.15, -0.1) is 0 Å². The first-order valence-electron chi connectivity index (χ1n) is 3.79. The molecule has 0 radical (unpaired) electrons. The number of furan rings is 1. The average molecular weight is 256 g/mol. The van der Waals surface area contributed by atoms with Gasteiger partial charge in [0.1, 0.15) is 11.8 Å². The van der Waals surface area contributed by atoms with E-state index in [1.165, 1.54) is 18.4 Å². The van der Waals surface area contributed by atoms with Crippen molar-refractivity contribution < 1.29 is 14.3 Å². The van der Waals surface area contributed by atoms with Crippen LogP contribution in [0, 0.1) is 0 Å². The van der Waals surface area contributed by atoms with Gasteiger partial charge in [0.2, 0.25) is 0 Å². The van der Waals surface area contributed by atoms with Crippen LogP contribution in [-0.4, -0.2) is 11.1 Å². The van der Waals surface area contributed by atoms with Crippen molar-refractivity contribution in [3.8, 4) is 0 Å². The van der Waals surface area contributed by atoms with Crippen LogP contribution >= 0.6 is 15.9 Å². The summed E-state index contributed by atoms with van der Waals surface area (Å²) in [6.45, 7) is 0. The maximum absolute atomic E-state index is 10.7. The zero-order valence-corrected chi connectivity index (χ0v) is 8.54. The predicted octanol–water partition coefficient (Wildman–Crippen LogP) is 2.48. The maximum Gasteiger partial charge on any atom is 0.335 e. The molecule has 1 heterocycles. The van der Waals surface area contributed by atoms with Crippen molar-refractivity contribution in [2.75, 3.05) is 5.73 Å². The van der Waals surface area contributed by atoms with E-state index in [1.807, 2.05) is 0 Å². The number of nitrogen functional groups attached to an aromatic ring is 1. The molecule has 3 N–H and O–H groups in total. The van der Waals surface area contributed by atoms with Gasteiger partial charge in [-0.05, 0) is 28.1 Å². The lowest BCUT2D eigenvalue weighted by atomic mass is 10.1. The van der Waals surface area contributed by atoms with E-state index in [0.29, 0.717) is 16.7 Å². The smallest absolute Gasteiger partial charge is 0.335 e. The third-order valence-electron chi connectivity index (χ3n) is 1.91. The van der Waals surface area contributed by atoms with Gasteiger partial charge in [0.25, 0.3) is 0 Å². The Morgan fingerprint density at radius 1 is 1.50 bits per heavy atom. The van der Waals surface area contributed by atoms with E-state index in [1.54, 1.807) is 0 Å². The lowest BCUT2D eigenvalue weighted by Crippen LogP contribution is -1.97. The molecule has 0 aliphatic rings. The number of benzene rings is 1. The van der Waals surface area contributed by atoms with Crippen LogP contribution in [0.5, 0.6) is 0 Å². The van der Waals surface area contributed by atoms with Crippen LogP contribution in [0.3, 0.4) is 0 Å². The van der Waals surface area contributed by atoms with E-state index in [2.05, 4.69) is 15.9 Å². The normalized spacial score (nSPS) is 10.6. The molecule has 2 aromatic rings. The minimum absolute atomic E-state index is 0.122. The third kappa shape index (κ3) is 1.26. The third-order valence-corrected chi connectivity index (χ3v) is 2.49. The molecule has 0 saturated carbocycles. The summed E-state index contributed by atoms with van der Waals surface area (Å²) in [6.07, 6.45) is 1.48. The van der Waals surface area contributed by atoms with Crippen LogP contribution in [0.15, 0.2) is 27.3 Å². The number of fused-ring (bicyclic) bond motifs is 1. The summed E-state index contributed by atoms with van der Waals surface area (Å²) in [4.78, 5) is 10.7. The van der Waals surface area contributed by atoms with Crippen molar-refractivity contribution >= 4 is 38.6 Å². The molecule has 72 valence electrons. The van der Waals surface area contributed by atoms with Crippen LogP contribution in [-0.2, 0) is 0 Å². The van der Waals surface area contributed by atoms with Gasteiger partial charge in [0.15, 0.2) is 0 Å². The van der Waals surface area contributed by atoms with Crippen LogP contribution < -0.4 is 5.73 Å². The van der Waals surface area contributed by atoms with Gasteiger partial charge in [0, 0.05) is 5.69 Å². The van der Waals surface area contributed by atoms with Crippen molar-refractivity contribution in [2.45, 2.75) is 0 Å². The number of aromatic carboxylic acids is 1. The summed E-state index contributed by atoms with van der Waals surface area (Å²) in [5.41, 5.74) is 6.67. The minimum Gasteiger partial charge on any atom is -0.478 e. The van der Waals surface area contributed by atoms with Crippen molar-refractivity contribution in [1.82, 2.24) is 0 Å². The quantitative estimate of drug-likeness (QED) is 0.768. The number of hydrogen-bond donors (Lipinski definition) is 2. The Labute approximate surface area is 87.4 Å². The van der Waals surface area contributed by atoms with Crippen molar-refractivity contribution in [2.24, 2.45) is 0 Å². The fourth-order valence-corrected chi connectivity index (χ4v) is 1.80. The van der Waals surface area contributed by atoms with Gasteiger partial charge in [-0.3, -0.25) is 0 Å². The zero-order chi connectivity index (χ0) is 10.3. The van der Waals surface area contributed by atoms with Gasteiger partial charge in [-0.2, -0.15) is 0 Å². The lowest BCUT2D eigenvalue weighted by Gasteiger charge is -1.98. The van der Waals surface area contributed by atoms with E-state index in [4.69, 9.17) is 15.3 Å². The number of nitrogens with two attached hydrogens (primary N) is 1. The molecule has 4 nitrogen and oxygen atoms in total. The van der Waals surface area contributed by atoms with Gasteiger partial charge in [0.05, 0.1) is 15.4 Å². The Balaban J connectivity index is 2.80. The predicted molar refractivity (Wildman–Crippen MR) is 55.3 cm³/mol. The summed E-state index contributed by atoms with van der Waals surface area (Å²) < 4.78 is 5.85. The zero-order valence-electron chi connectivity index (χ0n) is 6.95. The summed E-state index contributed by atoms with van der Waals surface area (Å²) in [5, 5.41) is 9.47. The van der Waals surface area contributed by atoms with E-state index >= 15 is 0 Å². The van der Waals surface area contributed by atoms with Crippen molar-refractivity contribution in [1.29, 1.82) is 0 Å². The Morgan fingerprint density at radius 2 is 2.21 bits per heavy atom. The molecule has 5 heteroatoms. The fraction of sp³-hybridized carbons (Fsp3) is 0. The van der Waals surface area contributed by atoms with Gasteiger partial charge >= 0.3 is 5.97 Å². The molecule has 0 spiro atoms. The second-order valence-electron chi connectivity index (χ2n) is 2.83. The Bertz CT molecular complexity index is 518. The van der Waals surface area contributed by atoms with Gasteiger partial charge in [-0.25, -0.2) is 4.79 Å². The molecule has 0 amide bonds. The Kier molecular flexibility index (Phi) is 1.96. The first-order valence-corrected chi connectivity index (χ1v) is 4.58. The first-order chi connectivity index (χ1) is 6.59. The van der Waals surface area contributed by atoms with Crippen LogP contribution in [0.2, 0.25) is 0 Å². The maximum atomic E-state index is 10.7. The summed E-state index contributed by atoms with van der Waals surface area (Å²) in [5.74, 6) is -1.02. The molecule has 14 heavy (non-hydrogen) atoms. The van der Waals surface area contributed by atoms with E-state index in [-0.39, 0.29) is 5.56 Å². The molecule has 0 unspecified atom stereocenters. The number of hydrogen-bond acceptors (Lipinski definition) is 3. The number of anilines is 1. The van der Waals surface area contributed by atoms with Gasteiger partial charge in [-0.1, -0.05) is 0 Å². The topological polar surface area (TPSA) is 76.5 Å². The van der Waals surface area contributed by atoms with Crippen molar-refractivity contribution in [3.63, 3.8) is 0 Å². The molecular formula is C9H6BrNO3. The van der Waals surface area contributed by atoms with Crippen molar-refractivity contribution in [3.05, 3.63) is 28.4 Å². The molecule has 1 aromatic heterocycles. The summed E-state index contributed by atoms with van der Waals surface area (Å²) in [7, 11) is 0. The fourth-order valence-electron chi connectivity index (χ4n) is 1.28. The highest BCUT2D eigenvalue weighted by molar-refractivity contribution is 9.10. The lowest BCUT2D eigenvalue weighted by molar-refractivity contribution is 0.0697. The Morgan fingerprint density at radius 3 is 2.86 bits per heavy atom. The summed E-state index contributed by atoms with van der Waals surface area (Å²) in [6, 6.07) is 2.85. The molecule has 0 bridgehead atoms. The standard InChI is InChI=1S/C9H6BrNO3/c10-5-3-14-7-2-4(9(12)13)1-6(11)8(5)7/h1-3H,11H2,(H,12,13). The average Bonchev–Trinajstić information content (AvgIpc) is 2.48. The molecule has 0 saturated heterocycles. The first kappa shape index (κ1) is 9.08. The second kappa shape index (κ2) is 3.02. The highest BCUT2D eigenvalue weighted by Gasteiger charge is 2.11. The van der Waals surface area contributed by atoms with Gasteiger partial charge < -0.3 is 15.3 Å². The SMILES string of the molecule is Nc1cc(C(=O)O)cc2occ(Br)c12. The molecule has 0 atom stereocenters. The van der Waals surface area contributed by atoms with Crippen LogP contribution in [0.1, 0.15) is 10.4 Å². The number of carboxylic acid groups (broad SMARTS) is 1. The molecule has 1 aromatic carbocycles. The number of carboxylic acids is 1. The minimum atomic E-state index is -1.02. The molecular weight excluding hydrogens is 250 g/mol. The number of rotatable bonds is 1. The highest BCUT2D eigenvalue weighted by atomic mass is 79.9. The highest BCUT2D eigenvalue weighted by Crippen LogP contribution is 2.31. The molecule has 0 fully saturated rings. The molecule has 0 aliphatic carbocycles. The van der Waals surface area contributed by atoms with Crippen LogP contribution in [0.4, 0.5) is 5.69 Å². The summed E-state index contributed by atoms with van der Waals surface area (Å²) >= 11 is 3.26.